The number of anilines is 1. The van der Waals surface area contributed by atoms with E-state index in [2.05, 4.69) is 19.1 Å². The second-order valence-corrected chi connectivity index (χ2v) is 7.49. The van der Waals surface area contributed by atoms with E-state index in [0.29, 0.717) is 0 Å². The number of amides is 1. The second-order valence-electron chi connectivity index (χ2n) is 7.49. The van der Waals surface area contributed by atoms with Crippen molar-refractivity contribution in [1.29, 1.82) is 0 Å². The molecule has 3 heteroatoms. The van der Waals surface area contributed by atoms with E-state index in [-0.39, 0.29) is 17.8 Å². The molecular formula is C22H24FNO. The molecular weight excluding hydrogens is 313 g/mol. The van der Waals surface area contributed by atoms with Gasteiger partial charge in [0.15, 0.2) is 0 Å². The molecule has 1 fully saturated rings. The predicted molar refractivity (Wildman–Crippen MR) is 98.3 cm³/mol. The maximum absolute atomic E-state index is 13.8. The minimum atomic E-state index is -0.432. The molecule has 25 heavy (non-hydrogen) atoms. The molecule has 1 saturated carbocycles. The van der Waals surface area contributed by atoms with Gasteiger partial charge < -0.3 is 4.90 Å². The molecule has 2 aromatic carbocycles. The van der Waals surface area contributed by atoms with E-state index in [4.69, 9.17) is 0 Å². The van der Waals surface area contributed by atoms with Crippen molar-refractivity contribution < 1.29 is 9.18 Å². The van der Waals surface area contributed by atoms with Gasteiger partial charge in [0.05, 0.1) is 5.41 Å². The van der Waals surface area contributed by atoms with E-state index in [1.54, 1.807) is 12.1 Å². The van der Waals surface area contributed by atoms with Crippen molar-refractivity contribution in [2.45, 2.75) is 56.9 Å². The zero-order valence-electron chi connectivity index (χ0n) is 14.7. The number of hydrogen-bond acceptors (Lipinski definition) is 1. The highest BCUT2D eigenvalue weighted by molar-refractivity contribution is 6.02. The SMILES string of the molecule is C[C@@H]1CCc2cc(F)ccc2N1C(=O)C1(c2ccccc2)CCCC1. The van der Waals surface area contributed by atoms with Crippen LogP contribution < -0.4 is 4.90 Å². The van der Waals surface area contributed by atoms with Gasteiger partial charge >= 0.3 is 0 Å². The van der Waals surface area contributed by atoms with E-state index < -0.39 is 5.41 Å². The van der Waals surface area contributed by atoms with Crippen LogP contribution in [0.5, 0.6) is 0 Å². The van der Waals surface area contributed by atoms with E-state index in [9.17, 15) is 9.18 Å². The van der Waals surface area contributed by atoms with Gasteiger partial charge in [-0.15, -0.1) is 0 Å². The fraction of sp³-hybridized carbons (Fsp3) is 0.409. The third-order valence-electron chi connectivity index (χ3n) is 5.98. The van der Waals surface area contributed by atoms with Crippen LogP contribution in [0.25, 0.3) is 0 Å². The van der Waals surface area contributed by atoms with Gasteiger partial charge in [-0.3, -0.25) is 4.79 Å². The summed E-state index contributed by atoms with van der Waals surface area (Å²) in [7, 11) is 0. The number of halogens is 1. The van der Waals surface area contributed by atoms with Crippen molar-refractivity contribution in [2.75, 3.05) is 4.90 Å². The fourth-order valence-electron chi connectivity index (χ4n) is 4.62. The molecule has 1 heterocycles. The summed E-state index contributed by atoms with van der Waals surface area (Å²) in [4.78, 5) is 15.8. The number of benzene rings is 2. The van der Waals surface area contributed by atoms with E-state index in [1.807, 2.05) is 23.1 Å². The van der Waals surface area contributed by atoms with Crippen molar-refractivity contribution in [3.63, 3.8) is 0 Å². The average Bonchev–Trinajstić information content (AvgIpc) is 3.13. The molecule has 2 aliphatic rings. The van der Waals surface area contributed by atoms with Gasteiger partial charge in [-0.1, -0.05) is 43.2 Å². The highest BCUT2D eigenvalue weighted by Gasteiger charge is 2.47. The van der Waals surface area contributed by atoms with Crippen molar-refractivity contribution in [1.82, 2.24) is 0 Å². The Morgan fingerprint density at radius 1 is 1.12 bits per heavy atom. The van der Waals surface area contributed by atoms with Gasteiger partial charge in [-0.2, -0.15) is 0 Å². The highest BCUT2D eigenvalue weighted by atomic mass is 19.1. The van der Waals surface area contributed by atoms with Crippen molar-refractivity contribution >= 4 is 11.6 Å². The zero-order chi connectivity index (χ0) is 17.4. The number of fused-ring (bicyclic) bond motifs is 1. The molecule has 130 valence electrons. The molecule has 0 radical (unpaired) electrons. The summed E-state index contributed by atoms with van der Waals surface area (Å²) in [5, 5.41) is 0. The molecule has 0 N–H and O–H groups in total. The molecule has 0 spiro atoms. The lowest BCUT2D eigenvalue weighted by atomic mass is 9.76. The van der Waals surface area contributed by atoms with Crippen molar-refractivity contribution in [2.24, 2.45) is 0 Å². The average molecular weight is 337 g/mol. The molecule has 4 rings (SSSR count). The van der Waals surface area contributed by atoms with E-state index in [1.165, 1.54) is 6.07 Å². The Morgan fingerprint density at radius 2 is 1.84 bits per heavy atom. The first-order valence-corrected chi connectivity index (χ1v) is 9.29. The lowest BCUT2D eigenvalue weighted by Crippen LogP contribution is -2.51. The Bertz CT molecular complexity index is 780. The Kier molecular flexibility index (Phi) is 4.10. The van der Waals surface area contributed by atoms with Crippen LogP contribution in [0.4, 0.5) is 10.1 Å². The van der Waals surface area contributed by atoms with Crippen LogP contribution in [0.3, 0.4) is 0 Å². The van der Waals surface area contributed by atoms with E-state index >= 15 is 0 Å². The van der Waals surface area contributed by atoms with Crippen LogP contribution in [-0.2, 0) is 16.6 Å². The number of nitrogens with zero attached hydrogens (tertiary/aromatic N) is 1. The number of rotatable bonds is 2. The summed E-state index contributed by atoms with van der Waals surface area (Å²) >= 11 is 0. The Hall–Kier alpha value is -2.16. The Morgan fingerprint density at radius 3 is 2.56 bits per heavy atom. The van der Waals surface area contributed by atoms with Crippen LogP contribution >= 0.6 is 0 Å². The molecule has 0 bridgehead atoms. The quantitative estimate of drug-likeness (QED) is 0.755. The monoisotopic (exact) mass is 337 g/mol. The largest absolute Gasteiger partial charge is 0.309 e. The number of aryl methyl sites for hydroxylation is 1. The van der Waals surface area contributed by atoms with Crippen LogP contribution in [0, 0.1) is 5.82 Å². The van der Waals surface area contributed by atoms with Crippen LogP contribution in [0.1, 0.15) is 50.2 Å². The predicted octanol–water partition coefficient (Wildman–Crippen LogP) is 5.01. The molecule has 1 aliphatic carbocycles. The lowest BCUT2D eigenvalue weighted by molar-refractivity contribution is -0.124. The lowest BCUT2D eigenvalue weighted by Gasteiger charge is -2.41. The number of carbonyl (C=O) groups excluding carboxylic acids is 1. The Labute approximate surface area is 148 Å². The van der Waals surface area contributed by atoms with Crippen LogP contribution in [-0.4, -0.2) is 11.9 Å². The number of hydrogen-bond donors (Lipinski definition) is 0. The topological polar surface area (TPSA) is 20.3 Å². The third kappa shape index (κ3) is 2.66. The molecule has 1 aliphatic heterocycles. The molecule has 1 amide bonds. The maximum Gasteiger partial charge on any atom is 0.237 e. The van der Waals surface area contributed by atoms with Crippen molar-refractivity contribution in [3.05, 3.63) is 65.5 Å². The zero-order valence-corrected chi connectivity index (χ0v) is 14.7. The summed E-state index contributed by atoms with van der Waals surface area (Å²) in [6.45, 7) is 2.11. The van der Waals surface area contributed by atoms with Gasteiger partial charge in [0.25, 0.3) is 0 Å². The van der Waals surface area contributed by atoms with Gasteiger partial charge in [0.2, 0.25) is 5.91 Å². The maximum atomic E-state index is 13.8. The van der Waals surface area contributed by atoms with E-state index in [0.717, 1.165) is 55.3 Å². The highest BCUT2D eigenvalue weighted by Crippen LogP contribution is 2.45. The molecule has 0 aromatic heterocycles. The summed E-state index contributed by atoms with van der Waals surface area (Å²) in [5.74, 6) is -0.0319. The summed E-state index contributed by atoms with van der Waals surface area (Å²) in [6, 6.07) is 15.2. The molecule has 1 atom stereocenters. The minimum absolute atomic E-state index is 0.145. The van der Waals surface area contributed by atoms with Gasteiger partial charge in [0.1, 0.15) is 5.82 Å². The van der Waals surface area contributed by atoms with Gasteiger partial charge in [-0.25, -0.2) is 4.39 Å². The summed E-state index contributed by atoms with van der Waals surface area (Å²) in [6.07, 6.45) is 5.67. The standard InChI is InChI=1S/C22H24FNO/c1-16-9-10-17-15-19(23)11-12-20(17)24(16)21(25)22(13-5-6-14-22)18-7-3-2-4-8-18/h2-4,7-8,11-12,15-16H,5-6,9-10,13-14H2,1H3/t16-/m1/s1. The van der Waals surface area contributed by atoms with Crippen LogP contribution in [0.15, 0.2) is 48.5 Å². The first-order chi connectivity index (χ1) is 12.1. The van der Waals surface area contributed by atoms with Crippen molar-refractivity contribution in [3.8, 4) is 0 Å². The minimum Gasteiger partial charge on any atom is -0.309 e. The first kappa shape index (κ1) is 16.3. The molecule has 2 nitrogen and oxygen atoms in total. The molecule has 2 aromatic rings. The second kappa shape index (κ2) is 6.29. The van der Waals surface area contributed by atoms with Crippen LogP contribution in [0.2, 0.25) is 0 Å². The van der Waals surface area contributed by atoms with Gasteiger partial charge in [-0.05, 0) is 61.9 Å². The summed E-state index contributed by atoms with van der Waals surface area (Å²) in [5.41, 5.74) is 2.54. The first-order valence-electron chi connectivity index (χ1n) is 9.29. The fourth-order valence-corrected chi connectivity index (χ4v) is 4.62. The normalized spacial score (nSPS) is 21.8. The summed E-state index contributed by atoms with van der Waals surface area (Å²) < 4.78 is 13.7. The molecule has 0 unspecified atom stereocenters. The number of carbonyl (C=O) groups is 1. The van der Waals surface area contributed by atoms with Gasteiger partial charge in [0, 0.05) is 11.7 Å². The third-order valence-corrected chi connectivity index (χ3v) is 5.98. The smallest absolute Gasteiger partial charge is 0.237 e. The Balaban J connectivity index is 1.79. The molecule has 0 saturated heterocycles.